The standard InChI is InChI=1S/C42H24N2/c1-2-11-27-25(10-1)20-22-30-28-12-3-4-14-31(28)42-40(39(27)30)34-15-6-8-19-37(34)43(42)26-21-23-38-35(24-26)33-17-9-16-32-29-13-5-7-18-36(29)44(38)41(32)33/h1-24H. The zero-order valence-corrected chi connectivity index (χ0v) is 23.8. The van der Waals surface area contributed by atoms with E-state index in [1.54, 1.807) is 0 Å². The Morgan fingerprint density at radius 3 is 1.80 bits per heavy atom. The van der Waals surface area contributed by atoms with Gasteiger partial charge >= 0.3 is 0 Å². The van der Waals surface area contributed by atoms with Crippen LogP contribution in [0.2, 0.25) is 0 Å². The molecule has 3 aromatic heterocycles. The molecule has 0 bridgehead atoms. The molecule has 0 aliphatic rings. The monoisotopic (exact) mass is 556 g/mol. The SMILES string of the molecule is c1ccc2c(c1)ccc1c3ccccc3c3c(c4ccccc4n3-c3ccc4c(c3)c3cccc5c6ccccc6n4c53)c21. The highest BCUT2D eigenvalue weighted by molar-refractivity contribution is 6.37. The molecule has 0 amide bonds. The van der Waals surface area contributed by atoms with Gasteiger partial charge in [0.05, 0.1) is 27.6 Å². The molecule has 44 heavy (non-hydrogen) atoms. The molecule has 0 aliphatic heterocycles. The summed E-state index contributed by atoms with van der Waals surface area (Å²) in [6.45, 7) is 0. The van der Waals surface area contributed by atoms with Gasteiger partial charge in [0.15, 0.2) is 0 Å². The number of hydrogen-bond donors (Lipinski definition) is 0. The third-order valence-electron chi connectivity index (χ3n) is 9.99. The topological polar surface area (TPSA) is 9.34 Å². The molecule has 0 aliphatic carbocycles. The molecule has 0 N–H and O–H groups in total. The molecule has 0 radical (unpaired) electrons. The highest BCUT2D eigenvalue weighted by Crippen LogP contribution is 2.46. The van der Waals surface area contributed by atoms with Gasteiger partial charge in [-0.25, -0.2) is 0 Å². The van der Waals surface area contributed by atoms with Gasteiger partial charge in [0.25, 0.3) is 0 Å². The summed E-state index contributed by atoms with van der Waals surface area (Å²) >= 11 is 0. The van der Waals surface area contributed by atoms with E-state index in [0.717, 1.165) is 0 Å². The lowest BCUT2D eigenvalue weighted by atomic mass is 9.93. The van der Waals surface area contributed by atoms with E-state index in [4.69, 9.17) is 0 Å². The predicted molar refractivity (Wildman–Crippen MR) is 188 cm³/mol. The molecule has 0 atom stereocenters. The van der Waals surface area contributed by atoms with Crippen LogP contribution >= 0.6 is 0 Å². The molecule has 2 nitrogen and oxygen atoms in total. The number of aromatic nitrogens is 2. The zero-order valence-electron chi connectivity index (χ0n) is 23.8. The van der Waals surface area contributed by atoms with Crippen LogP contribution in [0.4, 0.5) is 0 Å². The first-order valence-electron chi connectivity index (χ1n) is 15.3. The molecule has 0 spiro atoms. The molecule has 0 fully saturated rings. The van der Waals surface area contributed by atoms with E-state index in [0.29, 0.717) is 0 Å². The van der Waals surface area contributed by atoms with Gasteiger partial charge in [0.1, 0.15) is 0 Å². The molecule has 8 aromatic carbocycles. The van der Waals surface area contributed by atoms with Gasteiger partial charge in [-0.1, -0.05) is 115 Å². The minimum Gasteiger partial charge on any atom is -0.309 e. The van der Waals surface area contributed by atoms with Gasteiger partial charge in [-0.3, -0.25) is 0 Å². The van der Waals surface area contributed by atoms with Gasteiger partial charge in [-0.2, -0.15) is 0 Å². The molecule has 11 rings (SSSR count). The summed E-state index contributed by atoms with van der Waals surface area (Å²) in [5.74, 6) is 0. The van der Waals surface area contributed by atoms with Crippen molar-refractivity contribution in [2.45, 2.75) is 0 Å². The number of fused-ring (bicyclic) bond motifs is 16. The molecule has 3 heterocycles. The van der Waals surface area contributed by atoms with Crippen molar-refractivity contribution in [3.63, 3.8) is 0 Å². The molecule has 11 aromatic rings. The Morgan fingerprint density at radius 2 is 0.932 bits per heavy atom. The van der Waals surface area contributed by atoms with E-state index in [-0.39, 0.29) is 0 Å². The summed E-state index contributed by atoms with van der Waals surface area (Å²) in [6.07, 6.45) is 0. The van der Waals surface area contributed by atoms with Crippen molar-refractivity contribution >= 4 is 92.2 Å². The smallest absolute Gasteiger partial charge is 0.0626 e. The Hall–Kier alpha value is -5.86. The Balaban J connectivity index is 1.36. The molecule has 0 saturated heterocycles. The fourth-order valence-electron chi connectivity index (χ4n) is 8.27. The van der Waals surface area contributed by atoms with Crippen LogP contribution in [-0.4, -0.2) is 8.97 Å². The third kappa shape index (κ3) is 2.63. The molecular formula is C42H24N2. The van der Waals surface area contributed by atoms with Crippen LogP contribution in [0.1, 0.15) is 0 Å². The number of benzene rings is 8. The quantitative estimate of drug-likeness (QED) is 0.178. The van der Waals surface area contributed by atoms with E-state index < -0.39 is 0 Å². The van der Waals surface area contributed by atoms with E-state index >= 15 is 0 Å². The van der Waals surface area contributed by atoms with Gasteiger partial charge in [-0.15, -0.1) is 0 Å². The Bertz CT molecular complexity index is 2990. The van der Waals surface area contributed by atoms with Crippen LogP contribution < -0.4 is 0 Å². The number of rotatable bonds is 1. The Labute approximate surface area is 251 Å². The van der Waals surface area contributed by atoms with E-state index in [9.17, 15) is 0 Å². The van der Waals surface area contributed by atoms with Crippen molar-refractivity contribution in [2.24, 2.45) is 0 Å². The van der Waals surface area contributed by atoms with Crippen LogP contribution in [0.25, 0.3) is 97.9 Å². The molecule has 202 valence electrons. The van der Waals surface area contributed by atoms with E-state index in [1.165, 1.54) is 97.9 Å². The summed E-state index contributed by atoms with van der Waals surface area (Å²) in [6, 6.07) is 53.9. The molecular weight excluding hydrogens is 532 g/mol. The van der Waals surface area contributed by atoms with Crippen LogP contribution in [0.3, 0.4) is 0 Å². The maximum atomic E-state index is 2.51. The largest absolute Gasteiger partial charge is 0.309 e. The minimum absolute atomic E-state index is 1.19. The van der Waals surface area contributed by atoms with E-state index in [1.807, 2.05) is 0 Å². The lowest BCUT2D eigenvalue weighted by Gasteiger charge is -2.14. The van der Waals surface area contributed by atoms with Crippen LogP contribution in [-0.2, 0) is 0 Å². The van der Waals surface area contributed by atoms with Gasteiger partial charge in [0.2, 0.25) is 0 Å². The van der Waals surface area contributed by atoms with Crippen LogP contribution in [0.5, 0.6) is 0 Å². The van der Waals surface area contributed by atoms with E-state index in [2.05, 4.69) is 155 Å². The van der Waals surface area contributed by atoms with Crippen LogP contribution in [0.15, 0.2) is 146 Å². The highest BCUT2D eigenvalue weighted by Gasteiger charge is 2.22. The van der Waals surface area contributed by atoms with Gasteiger partial charge in [-0.05, 0) is 51.9 Å². The molecule has 0 unspecified atom stereocenters. The first-order chi connectivity index (χ1) is 21.9. The second-order valence-electron chi connectivity index (χ2n) is 12.1. The van der Waals surface area contributed by atoms with Crippen molar-refractivity contribution in [1.29, 1.82) is 0 Å². The second kappa shape index (κ2) is 7.94. The summed E-state index contributed by atoms with van der Waals surface area (Å²) in [5, 5.41) is 15.6. The fourth-order valence-corrected chi connectivity index (χ4v) is 8.27. The molecule has 2 heteroatoms. The Morgan fingerprint density at radius 1 is 0.318 bits per heavy atom. The predicted octanol–water partition coefficient (Wildman–Crippen LogP) is 11.4. The average Bonchev–Trinajstić information content (AvgIpc) is 3.73. The Kier molecular flexibility index (Phi) is 4.10. The number of para-hydroxylation sites is 3. The van der Waals surface area contributed by atoms with Crippen molar-refractivity contribution in [3.05, 3.63) is 146 Å². The third-order valence-corrected chi connectivity index (χ3v) is 9.99. The summed E-state index contributed by atoms with van der Waals surface area (Å²) in [7, 11) is 0. The highest BCUT2D eigenvalue weighted by atomic mass is 15.0. The maximum absolute atomic E-state index is 2.51. The summed E-state index contributed by atoms with van der Waals surface area (Å²) in [4.78, 5) is 0. The fraction of sp³-hybridized carbons (Fsp3) is 0. The van der Waals surface area contributed by atoms with Gasteiger partial charge < -0.3 is 8.97 Å². The van der Waals surface area contributed by atoms with Crippen molar-refractivity contribution in [1.82, 2.24) is 8.97 Å². The number of nitrogens with zero attached hydrogens (tertiary/aromatic N) is 2. The first-order valence-corrected chi connectivity index (χ1v) is 15.3. The maximum Gasteiger partial charge on any atom is 0.0626 e. The molecule has 0 saturated carbocycles. The van der Waals surface area contributed by atoms with Crippen molar-refractivity contribution < 1.29 is 0 Å². The van der Waals surface area contributed by atoms with Gasteiger partial charge in [0, 0.05) is 48.8 Å². The average molecular weight is 557 g/mol. The van der Waals surface area contributed by atoms with Crippen molar-refractivity contribution in [3.8, 4) is 5.69 Å². The lowest BCUT2D eigenvalue weighted by Crippen LogP contribution is -1.95. The van der Waals surface area contributed by atoms with Crippen LogP contribution in [0, 0.1) is 0 Å². The zero-order chi connectivity index (χ0) is 28.5. The first kappa shape index (κ1) is 22.7. The number of hydrogen-bond acceptors (Lipinski definition) is 0. The van der Waals surface area contributed by atoms with Crippen molar-refractivity contribution in [2.75, 3.05) is 0 Å². The normalized spacial score (nSPS) is 12.5. The summed E-state index contributed by atoms with van der Waals surface area (Å²) < 4.78 is 4.97. The second-order valence-corrected chi connectivity index (χ2v) is 12.1. The lowest BCUT2D eigenvalue weighted by molar-refractivity contribution is 1.19. The minimum atomic E-state index is 1.19. The summed E-state index contributed by atoms with van der Waals surface area (Å²) in [5.41, 5.74) is 7.52.